The lowest BCUT2D eigenvalue weighted by Crippen LogP contribution is -2.33. The van der Waals surface area contributed by atoms with Crippen molar-refractivity contribution in [3.8, 4) is 0 Å². The molecule has 1 aromatic heterocycles. The smallest absolute Gasteiger partial charge is 0.261 e. The second kappa shape index (κ2) is 5.82. The molecule has 0 fully saturated rings. The lowest BCUT2D eigenvalue weighted by molar-refractivity contribution is -0.117. The van der Waals surface area contributed by atoms with Crippen LogP contribution < -0.4 is 10.6 Å². The highest BCUT2D eigenvalue weighted by Crippen LogP contribution is 2.46. The van der Waals surface area contributed by atoms with Crippen LogP contribution in [-0.2, 0) is 11.2 Å². The van der Waals surface area contributed by atoms with Crippen LogP contribution in [0.4, 0.5) is 5.69 Å². The Labute approximate surface area is 141 Å². The van der Waals surface area contributed by atoms with Gasteiger partial charge in [0.15, 0.2) is 0 Å². The van der Waals surface area contributed by atoms with Gasteiger partial charge < -0.3 is 15.1 Å². The Morgan fingerprint density at radius 1 is 1.25 bits per heavy atom. The van der Waals surface area contributed by atoms with E-state index in [2.05, 4.69) is 26.8 Å². The fraction of sp³-hybridized carbons (Fsp3) is 0.368. The molecule has 1 aromatic carbocycles. The van der Waals surface area contributed by atoms with Crippen molar-refractivity contribution in [2.75, 3.05) is 11.4 Å². The molecule has 0 aliphatic carbocycles. The number of nitrogens with two attached hydrogens (primary N) is 1. The first-order chi connectivity index (χ1) is 11.3. The second-order valence-electron chi connectivity index (χ2n) is 7.29. The maximum atomic E-state index is 13.1. The number of hydrogen-bond acceptors (Lipinski definition) is 3. The summed E-state index contributed by atoms with van der Waals surface area (Å²) in [7, 11) is 0. The number of benzene rings is 1. The highest BCUT2D eigenvalue weighted by Gasteiger charge is 2.39. The summed E-state index contributed by atoms with van der Waals surface area (Å²) < 4.78 is 5.29. The third kappa shape index (κ3) is 2.82. The van der Waals surface area contributed by atoms with Gasteiger partial charge in [-0.1, -0.05) is 39.0 Å². The predicted molar refractivity (Wildman–Crippen MR) is 91.9 cm³/mol. The van der Waals surface area contributed by atoms with Gasteiger partial charge in [-0.2, -0.15) is 0 Å². The van der Waals surface area contributed by atoms with E-state index in [1.165, 1.54) is 11.8 Å². The van der Waals surface area contributed by atoms with Crippen LogP contribution in [0, 0.1) is 5.41 Å². The van der Waals surface area contributed by atoms with Gasteiger partial charge in [-0.05, 0) is 23.1 Å². The minimum absolute atomic E-state index is 0.0393. The van der Waals surface area contributed by atoms with E-state index in [9.17, 15) is 9.59 Å². The molecule has 24 heavy (non-hydrogen) atoms. The van der Waals surface area contributed by atoms with Crippen molar-refractivity contribution in [2.45, 2.75) is 33.1 Å². The van der Waals surface area contributed by atoms with E-state index in [0.717, 1.165) is 5.69 Å². The summed E-state index contributed by atoms with van der Waals surface area (Å²) in [6.45, 7) is 7.15. The van der Waals surface area contributed by atoms with Crippen molar-refractivity contribution in [1.29, 1.82) is 0 Å². The van der Waals surface area contributed by atoms with Crippen LogP contribution in [0.5, 0.6) is 0 Å². The maximum Gasteiger partial charge on any atom is 0.261 e. The third-order valence-corrected chi connectivity index (χ3v) is 4.57. The highest BCUT2D eigenvalue weighted by molar-refractivity contribution is 6.08. The molecule has 1 unspecified atom stereocenters. The zero-order chi connectivity index (χ0) is 17.5. The molecule has 2 amide bonds. The standard InChI is InChI=1S/C19H22N2O3/c1-19(2,3)14-11-21(15-7-5-4-6-12(14)15)18(23)13-8-9-24-16(13)10-17(20)22/h4-9,14H,10-11H2,1-3H3,(H2,20,22). The molecule has 2 heterocycles. The molecule has 5 heteroatoms. The molecule has 0 radical (unpaired) electrons. The van der Waals surface area contributed by atoms with Gasteiger partial charge in [0, 0.05) is 18.2 Å². The minimum atomic E-state index is -0.520. The van der Waals surface area contributed by atoms with Crippen molar-refractivity contribution >= 4 is 17.5 Å². The molecule has 2 N–H and O–H groups in total. The third-order valence-electron chi connectivity index (χ3n) is 4.57. The topological polar surface area (TPSA) is 76.5 Å². The lowest BCUT2D eigenvalue weighted by Gasteiger charge is -2.27. The summed E-state index contributed by atoms with van der Waals surface area (Å²) >= 11 is 0. The van der Waals surface area contributed by atoms with E-state index < -0.39 is 5.91 Å². The minimum Gasteiger partial charge on any atom is -0.468 e. The van der Waals surface area contributed by atoms with Gasteiger partial charge >= 0.3 is 0 Å². The Bertz CT molecular complexity index is 786. The Morgan fingerprint density at radius 3 is 2.62 bits per heavy atom. The van der Waals surface area contributed by atoms with Crippen LogP contribution >= 0.6 is 0 Å². The first-order valence-electron chi connectivity index (χ1n) is 8.04. The second-order valence-corrected chi connectivity index (χ2v) is 7.29. The van der Waals surface area contributed by atoms with E-state index in [1.807, 2.05) is 18.2 Å². The molecular weight excluding hydrogens is 304 g/mol. The molecule has 1 atom stereocenters. The molecule has 1 aliphatic heterocycles. The summed E-state index contributed by atoms with van der Waals surface area (Å²) in [5.41, 5.74) is 7.78. The molecule has 0 saturated carbocycles. The number of hydrogen-bond donors (Lipinski definition) is 1. The molecule has 3 rings (SSSR count). The first kappa shape index (κ1) is 16.3. The fourth-order valence-corrected chi connectivity index (χ4v) is 3.31. The summed E-state index contributed by atoms with van der Waals surface area (Å²) in [5, 5.41) is 0. The quantitative estimate of drug-likeness (QED) is 0.941. The monoisotopic (exact) mass is 326 g/mol. The SMILES string of the molecule is CC(C)(C)C1CN(C(=O)c2ccoc2CC(N)=O)c2ccccc21. The molecule has 2 aromatic rings. The average molecular weight is 326 g/mol. The summed E-state index contributed by atoms with van der Waals surface area (Å²) in [6.07, 6.45) is 1.35. The van der Waals surface area contributed by atoms with Gasteiger partial charge in [0.1, 0.15) is 5.76 Å². The fourth-order valence-electron chi connectivity index (χ4n) is 3.31. The number of carbonyl (C=O) groups excluding carboxylic acids is 2. The average Bonchev–Trinajstić information content (AvgIpc) is 3.09. The number of furan rings is 1. The van der Waals surface area contributed by atoms with Gasteiger partial charge in [0.25, 0.3) is 5.91 Å². The molecular formula is C19H22N2O3. The van der Waals surface area contributed by atoms with Gasteiger partial charge in [-0.3, -0.25) is 9.59 Å². The van der Waals surface area contributed by atoms with Crippen LogP contribution in [0.3, 0.4) is 0 Å². The van der Waals surface area contributed by atoms with E-state index in [0.29, 0.717) is 17.9 Å². The van der Waals surface area contributed by atoms with E-state index in [1.54, 1.807) is 11.0 Å². The Hall–Kier alpha value is -2.56. The normalized spacial score (nSPS) is 17.0. The predicted octanol–water partition coefficient (Wildman–Crippen LogP) is 3.10. The molecule has 0 bridgehead atoms. The summed E-state index contributed by atoms with van der Waals surface area (Å²) in [4.78, 5) is 26.0. The Kier molecular flexibility index (Phi) is 3.95. The maximum absolute atomic E-state index is 13.1. The Balaban J connectivity index is 1.98. The number of nitrogens with zero attached hydrogens (tertiary/aromatic N) is 1. The number of anilines is 1. The summed E-state index contributed by atoms with van der Waals surface area (Å²) in [6, 6.07) is 9.59. The zero-order valence-corrected chi connectivity index (χ0v) is 14.2. The molecule has 1 aliphatic rings. The van der Waals surface area contributed by atoms with Gasteiger partial charge in [-0.15, -0.1) is 0 Å². The van der Waals surface area contributed by atoms with E-state index in [4.69, 9.17) is 10.2 Å². The molecule has 0 spiro atoms. The highest BCUT2D eigenvalue weighted by atomic mass is 16.3. The number of rotatable bonds is 3. The van der Waals surface area contributed by atoms with Crippen LogP contribution in [-0.4, -0.2) is 18.4 Å². The van der Waals surface area contributed by atoms with Crippen LogP contribution in [0.2, 0.25) is 0 Å². The summed E-state index contributed by atoms with van der Waals surface area (Å²) in [5.74, 6) is -0.0964. The van der Waals surface area contributed by atoms with Crippen molar-refractivity contribution in [3.63, 3.8) is 0 Å². The van der Waals surface area contributed by atoms with Crippen molar-refractivity contribution in [1.82, 2.24) is 0 Å². The zero-order valence-electron chi connectivity index (χ0n) is 14.2. The van der Waals surface area contributed by atoms with Crippen LogP contribution in [0.15, 0.2) is 41.0 Å². The molecule has 0 saturated heterocycles. The Morgan fingerprint density at radius 2 is 1.96 bits per heavy atom. The lowest BCUT2D eigenvalue weighted by atomic mass is 9.78. The van der Waals surface area contributed by atoms with Crippen molar-refractivity contribution < 1.29 is 14.0 Å². The van der Waals surface area contributed by atoms with E-state index >= 15 is 0 Å². The van der Waals surface area contributed by atoms with Crippen LogP contribution in [0.1, 0.15) is 48.4 Å². The van der Waals surface area contributed by atoms with Crippen molar-refractivity contribution in [3.05, 3.63) is 53.5 Å². The number of primary amides is 1. The van der Waals surface area contributed by atoms with Crippen molar-refractivity contribution in [2.24, 2.45) is 11.1 Å². The molecule has 5 nitrogen and oxygen atoms in total. The van der Waals surface area contributed by atoms with Gasteiger partial charge in [-0.25, -0.2) is 0 Å². The van der Waals surface area contributed by atoms with E-state index in [-0.39, 0.29) is 23.7 Å². The van der Waals surface area contributed by atoms with Gasteiger partial charge in [0.2, 0.25) is 5.91 Å². The van der Waals surface area contributed by atoms with Crippen LogP contribution in [0.25, 0.3) is 0 Å². The number of fused-ring (bicyclic) bond motifs is 1. The number of para-hydroxylation sites is 1. The largest absolute Gasteiger partial charge is 0.468 e. The molecule has 126 valence electrons. The first-order valence-corrected chi connectivity index (χ1v) is 8.04. The van der Waals surface area contributed by atoms with Gasteiger partial charge in [0.05, 0.1) is 18.2 Å². The number of carbonyl (C=O) groups is 2. The number of amides is 2.